The average molecular weight is 265 g/mol. The van der Waals surface area contributed by atoms with Crippen molar-refractivity contribution in [1.29, 1.82) is 0 Å². The summed E-state index contributed by atoms with van der Waals surface area (Å²) in [7, 11) is 2.07. The minimum absolute atomic E-state index is 0.452. The van der Waals surface area contributed by atoms with Crippen LogP contribution in [0.25, 0.3) is 0 Å². The minimum atomic E-state index is 0.452. The van der Waals surface area contributed by atoms with Crippen LogP contribution < -0.4 is 4.90 Å². The quantitative estimate of drug-likeness (QED) is 0.770. The van der Waals surface area contributed by atoms with Crippen LogP contribution in [0.4, 0.5) is 5.13 Å². The molecule has 0 spiro atoms. The van der Waals surface area contributed by atoms with Crippen molar-refractivity contribution in [2.75, 3.05) is 18.5 Å². The van der Waals surface area contributed by atoms with E-state index in [4.69, 9.17) is 23.2 Å². The van der Waals surface area contributed by atoms with Crippen molar-refractivity contribution in [1.82, 2.24) is 4.98 Å². The number of thiazole rings is 1. The number of hydrogen-bond acceptors (Lipinski definition) is 3. The van der Waals surface area contributed by atoms with E-state index >= 15 is 0 Å². The molecule has 0 saturated heterocycles. The summed E-state index contributed by atoms with van der Waals surface area (Å²) in [6, 6.07) is 0. The first kappa shape index (κ1) is 11.5. The van der Waals surface area contributed by atoms with Gasteiger partial charge in [-0.2, -0.15) is 0 Å². The molecule has 1 heterocycles. The Kier molecular flexibility index (Phi) is 3.75. The zero-order valence-electron chi connectivity index (χ0n) is 8.67. The third-order valence-corrected chi connectivity index (χ3v) is 4.86. The molecule has 15 heavy (non-hydrogen) atoms. The van der Waals surface area contributed by atoms with E-state index in [1.54, 1.807) is 11.3 Å². The van der Waals surface area contributed by atoms with Gasteiger partial charge in [-0.1, -0.05) is 29.4 Å². The molecule has 2 nitrogen and oxygen atoms in total. The van der Waals surface area contributed by atoms with E-state index in [2.05, 4.69) is 16.9 Å². The first-order valence-electron chi connectivity index (χ1n) is 5.13. The molecule has 0 N–H and O–H groups in total. The van der Waals surface area contributed by atoms with Gasteiger partial charge in [-0.25, -0.2) is 4.98 Å². The number of aromatic nitrogens is 1. The van der Waals surface area contributed by atoms with E-state index in [0.29, 0.717) is 11.0 Å². The lowest BCUT2D eigenvalue weighted by Gasteiger charge is -2.29. The van der Waals surface area contributed by atoms with Gasteiger partial charge >= 0.3 is 0 Å². The fourth-order valence-corrected chi connectivity index (χ4v) is 3.15. The molecule has 2 rings (SSSR count). The van der Waals surface area contributed by atoms with Crippen molar-refractivity contribution in [2.45, 2.75) is 25.1 Å². The van der Waals surface area contributed by atoms with Crippen molar-refractivity contribution in [3.8, 4) is 0 Å². The molecule has 0 unspecified atom stereocenters. The van der Waals surface area contributed by atoms with Crippen molar-refractivity contribution < 1.29 is 0 Å². The smallest absolute Gasteiger partial charge is 0.186 e. The SMILES string of the molecule is CN(CC1CCC1)c1nc(Cl)c(CCl)s1. The molecule has 1 fully saturated rings. The summed E-state index contributed by atoms with van der Waals surface area (Å²) in [6.45, 7) is 1.09. The van der Waals surface area contributed by atoms with Crippen LogP contribution in [0.2, 0.25) is 5.15 Å². The summed E-state index contributed by atoms with van der Waals surface area (Å²) in [5, 5.41) is 1.55. The van der Waals surface area contributed by atoms with Crippen LogP contribution in [0.3, 0.4) is 0 Å². The maximum atomic E-state index is 5.96. The molecule has 1 saturated carbocycles. The second-order valence-corrected chi connectivity index (χ2v) is 5.71. The first-order valence-corrected chi connectivity index (χ1v) is 6.86. The lowest BCUT2D eigenvalue weighted by Crippen LogP contribution is -2.29. The summed E-state index contributed by atoms with van der Waals surface area (Å²) < 4.78 is 0. The Labute approximate surface area is 104 Å². The molecular formula is C10H14Cl2N2S. The highest BCUT2D eigenvalue weighted by atomic mass is 35.5. The third kappa shape index (κ3) is 2.58. The molecule has 5 heteroatoms. The number of anilines is 1. The average Bonchev–Trinajstić information content (AvgIpc) is 2.53. The largest absolute Gasteiger partial charge is 0.351 e. The summed E-state index contributed by atoms with van der Waals surface area (Å²) in [6.07, 6.45) is 4.09. The van der Waals surface area contributed by atoms with Gasteiger partial charge in [0.15, 0.2) is 5.13 Å². The monoisotopic (exact) mass is 264 g/mol. The van der Waals surface area contributed by atoms with E-state index in [-0.39, 0.29) is 0 Å². The van der Waals surface area contributed by atoms with E-state index in [9.17, 15) is 0 Å². The molecule has 0 aliphatic heterocycles. The summed E-state index contributed by atoms with van der Waals surface area (Å²) in [5.41, 5.74) is 0. The fourth-order valence-electron chi connectivity index (χ4n) is 1.71. The Hall–Kier alpha value is 0.01000. The second-order valence-electron chi connectivity index (χ2n) is 4.02. The molecule has 0 atom stereocenters. The second kappa shape index (κ2) is 4.89. The van der Waals surface area contributed by atoms with E-state index in [1.165, 1.54) is 19.3 Å². The van der Waals surface area contributed by atoms with Gasteiger partial charge in [-0.3, -0.25) is 0 Å². The van der Waals surface area contributed by atoms with Crippen LogP contribution in [0, 0.1) is 5.92 Å². The Bertz CT molecular complexity index is 336. The van der Waals surface area contributed by atoms with Gasteiger partial charge < -0.3 is 4.90 Å². The molecule has 0 bridgehead atoms. The Balaban J connectivity index is 2.00. The Morgan fingerprint density at radius 3 is 2.73 bits per heavy atom. The number of alkyl halides is 1. The Morgan fingerprint density at radius 1 is 1.53 bits per heavy atom. The lowest BCUT2D eigenvalue weighted by molar-refractivity contribution is 0.321. The van der Waals surface area contributed by atoms with Gasteiger partial charge in [0.1, 0.15) is 5.15 Å². The maximum Gasteiger partial charge on any atom is 0.186 e. The number of rotatable bonds is 4. The molecule has 0 aromatic carbocycles. The zero-order valence-corrected chi connectivity index (χ0v) is 11.0. The topological polar surface area (TPSA) is 16.1 Å². The predicted octanol–water partition coefficient (Wildman–Crippen LogP) is 3.77. The normalized spacial score (nSPS) is 16.5. The van der Waals surface area contributed by atoms with Crippen LogP contribution in [-0.4, -0.2) is 18.6 Å². The van der Waals surface area contributed by atoms with Gasteiger partial charge in [0.25, 0.3) is 0 Å². The Morgan fingerprint density at radius 2 is 2.27 bits per heavy atom. The van der Waals surface area contributed by atoms with Crippen molar-refractivity contribution in [3.63, 3.8) is 0 Å². The number of halogens is 2. The van der Waals surface area contributed by atoms with Crippen LogP contribution in [0.1, 0.15) is 24.1 Å². The highest BCUT2D eigenvalue weighted by Gasteiger charge is 2.21. The van der Waals surface area contributed by atoms with E-state index in [1.807, 2.05) is 0 Å². The lowest BCUT2D eigenvalue weighted by atomic mass is 9.85. The van der Waals surface area contributed by atoms with Crippen LogP contribution in [-0.2, 0) is 5.88 Å². The molecule has 0 radical (unpaired) electrons. The van der Waals surface area contributed by atoms with Gasteiger partial charge in [-0.05, 0) is 18.8 Å². The first-order chi connectivity index (χ1) is 7.20. The standard InChI is InChI=1S/C10H14Cl2N2S/c1-14(6-7-3-2-4-7)10-13-9(12)8(5-11)15-10/h7H,2-6H2,1H3. The van der Waals surface area contributed by atoms with Crippen molar-refractivity contribution in [2.24, 2.45) is 5.92 Å². The molecule has 1 aromatic heterocycles. The molecule has 84 valence electrons. The van der Waals surface area contributed by atoms with Crippen molar-refractivity contribution in [3.05, 3.63) is 10.0 Å². The van der Waals surface area contributed by atoms with Gasteiger partial charge in [0.2, 0.25) is 0 Å². The van der Waals surface area contributed by atoms with Crippen LogP contribution in [0.15, 0.2) is 0 Å². The molecule has 0 amide bonds. The minimum Gasteiger partial charge on any atom is -0.351 e. The van der Waals surface area contributed by atoms with E-state index < -0.39 is 0 Å². The van der Waals surface area contributed by atoms with Crippen molar-refractivity contribution >= 4 is 39.7 Å². The highest BCUT2D eigenvalue weighted by Crippen LogP contribution is 2.33. The summed E-state index contributed by atoms with van der Waals surface area (Å²) in [5.74, 6) is 1.30. The molecule has 1 aliphatic rings. The summed E-state index contributed by atoms with van der Waals surface area (Å²) in [4.78, 5) is 7.48. The van der Waals surface area contributed by atoms with Gasteiger partial charge in [-0.15, -0.1) is 11.6 Å². The fraction of sp³-hybridized carbons (Fsp3) is 0.700. The predicted molar refractivity (Wildman–Crippen MR) is 67.3 cm³/mol. The third-order valence-electron chi connectivity index (χ3n) is 2.84. The zero-order chi connectivity index (χ0) is 10.8. The number of hydrogen-bond donors (Lipinski definition) is 0. The number of nitrogens with zero attached hydrogens (tertiary/aromatic N) is 2. The van der Waals surface area contributed by atoms with Gasteiger partial charge in [0, 0.05) is 13.6 Å². The van der Waals surface area contributed by atoms with Crippen LogP contribution >= 0.6 is 34.5 Å². The maximum absolute atomic E-state index is 5.96. The summed E-state index contributed by atoms with van der Waals surface area (Å²) >= 11 is 13.3. The van der Waals surface area contributed by atoms with Gasteiger partial charge in [0.05, 0.1) is 10.8 Å². The highest BCUT2D eigenvalue weighted by molar-refractivity contribution is 7.16. The molecule has 1 aromatic rings. The van der Waals surface area contributed by atoms with E-state index in [0.717, 1.165) is 22.5 Å². The van der Waals surface area contributed by atoms with Crippen LogP contribution in [0.5, 0.6) is 0 Å². The molecular weight excluding hydrogens is 251 g/mol. The molecule has 1 aliphatic carbocycles.